The molecule has 1 N–H and O–H groups in total. The van der Waals surface area contributed by atoms with Crippen LogP contribution in [0, 0.1) is 0 Å². The third-order valence-corrected chi connectivity index (χ3v) is 3.53. The second-order valence-electron chi connectivity index (χ2n) is 3.15. The molecule has 1 aromatic rings. The maximum Gasteiger partial charge on any atom is 0.356 e. The van der Waals surface area contributed by atoms with E-state index in [0.29, 0.717) is 10.9 Å². The molecule has 1 amide bonds. The van der Waals surface area contributed by atoms with Gasteiger partial charge in [0.2, 0.25) is 6.41 Å². The first kappa shape index (κ1) is 14.9. The van der Waals surface area contributed by atoms with Gasteiger partial charge in [-0.15, -0.1) is 0 Å². The molecular weight excluding hydrogens is 366 g/mol. The first-order valence-corrected chi connectivity index (χ1v) is 6.72. The second kappa shape index (κ2) is 7.33. The van der Waals surface area contributed by atoms with Crippen LogP contribution in [0.3, 0.4) is 0 Å². The van der Waals surface area contributed by atoms with Crippen molar-refractivity contribution in [1.82, 2.24) is 5.32 Å². The van der Waals surface area contributed by atoms with E-state index in [1.807, 2.05) is 18.2 Å². The van der Waals surface area contributed by atoms with E-state index in [0.717, 1.165) is 10.0 Å². The minimum atomic E-state index is -0.591. The molecule has 0 heterocycles. The van der Waals surface area contributed by atoms with E-state index in [1.54, 1.807) is 13.0 Å². The molecule has 0 aliphatic rings. The highest BCUT2D eigenvalue weighted by Crippen LogP contribution is 2.30. The van der Waals surface area contributed by atoms with Crippen LogP contribution in [0.4, 0.5) is 0 Å². The number of carbonyl (C=O) groups excluding carboxylic acids is 2. The normalized spacial score (nSPS) is 11.5. The topological polar surface area (TPSA) is 55.4 Å². The van der Waals surface area contributed by atoms with Crippen LogP contribution in [-0.4, -0.2) is 19.0 Å². The van der Waals surface area contributed by atoms with E-state index in [2.05, 4.69) is 37.2 Å². The van der Waals surface area contributed by atoms with E-state index in [1.165, 1.54) is 0 Å². The van der Waals surface area contributed by atoms with Gasteiger partial charge in [-0.05, 0) is 28.9 Å². The van der Waals surface area contributed by atoms with Crippen LogP contribution in [0.2, 0.25) is 0 Å². The number of rotatable bonds is 5. The predicted molar refractivity (Wildman–Crippen MR) is 75.8 cm³/mol. The minimum Gasteiger partial charge on any atom is -0.461 e. The Morgan fingerprint density at radius 3 is 2.67 bits per heavy atom. The standard InChI is InChI=1S/C12H11Br2NO3/c1-2-18-12(17)11(15-7-16)10(14)8-5-3-4-6-9(8)13/h3-7H,2H2,1H3,(H,15,16)/b11-10-. The summed E-state index contributed by atoms with van der Waals surface area (Å²) in [6.07, 6.45) is 0.435. The van der Waals surface area contributed by atoms with E-state index < -0.39 is 5.97 Å². The maximum atomic E-state index is 11.7. The average molecular weight is 377 g/mol. The molecule has 0 atom stereocenters. The molecule has 0 saturated carbocycles. The summed E-state index contributed by atoms with van der Waals surface area (Å²) in [5.74, 6) is -0.591. The van der Waals surface area contributed by atoms with Crippen molar-refractivity contribution in [3.63, 3.8) is 0 Å². The molecule has 0 fully saturated rings. The van der Waals surface area contributed by atoms with Gasteiger partial charge >= 0.3 is 5.97 Å². The minimum absolute atomic E-state index is 0.0683. The molecule has 0 spiro atoms. The Hall–Kier alpha value is -1.14. The van der Waals surface area contributed by atoms with Crippen LogP contribution in [0.1, 0.15) is 12.5 Å². The lowest BCUT2D eigenvalue weighted by atomic mass is 10.2. The van der Waals surface area contributed by atoms with E-state index >= 15 is 0 Å². The van der Waals surface area contributed by atoms with Crippen molar-refractivity contribution in [2.75, 3.05) is 6.61 Å². The Morgan fingerprint density at radius 1 is 1.44 bits per heavy atom. The summed E-state index contributed by atoms with van der Waals surface area (Å²) in [6.45, 7) is 1.93. The molecule has 0 radical (unpaired) electrons. The number of amides is 1. The van der Waals surface area contributed by atoms with Gasteiger partial charge in [-0.25, -0.2) is 4.79 Å². The summed E-state index contributed by atoms with van der Waals surface area (Å²) in [4.78, 5) is 22.3. The summed E-state index contributed by atoms with van der Waals surface area (Å²) < 4.78 is 6.13. The number of hydrogen-bond acceptors (Lipinski definition) is 3. The zero-order valence-corrected chi connectivity index (χ0v) is 12.7. The number of esters is 1. The van der Waals surface area contributed by atoms with Gasteiger partial charge in [-0.3, -0.25) is 4.79 Å². The Bertz CT molecular complexity index is 486. The van der Waals surface area contributed by atoms with E-state index in [-0.39, 0.29) is 12.3 Å². The molecule has 0 aliphatic heterocycles. The summed E-state index contributed by atoms with van der Waals surface area (Å²) in [7, 11) is 0. The number of hydrogen-bond donors (Lipinski definition) is 1. The number of halogens is 2. The number of carbonyl (C=O) groups is 2. The fourth-order valence-electron chi connectivity index (χ4n) is 1.25. The quantitative estimate of drug-likeness (QED) is 0.488. The Balaban J connectivity index is 3.23. The third-order valence-electron chi connectivity index (χ3n) is 2.01. The highest BCUT2D eigenvalue weighted by Gasteiger charge is 2.17. The van der Waals surface area contributed by atoms with Crippen LogP contribution in [0.5, 0.6) is 0 Å². The van der Waals surface area contributed by atoms with Gasteiger partial charge in [0.1, 0.15) is 5.70 Å². The molecule has 6 heteroatoms. The molecule has 1 aromatic carbocycles. The summed E-state index contributed by atoms with van der Waals surface area (Å²) in [6, 6.07) is 7.32. The van der Waals surface area contributed by atoms with Crippen molar-refractivity contribution < 1.29 is 14.3 Å². The molecule has 96 valence electrons. The summed E-state index contributed by atoms with van der Waals surface area (Å²) in [5.41, 5.74) is 0.814. The van der Waals surface area contributed by atoms with Crippen LogP contribution < -0.4 is 5.32 Å². The molecule has 18 heavy (non-hydrogen) atoms. The van der Waals surface area contributed by atoms with Crippen molar-refractivity contribution in [2.24, 2.45) is 0 Å². The number of benzene rings is 1. The Labute approximate surface area is 122 Å². The molecule has 1 rings (SSSR count). The summed E-state index contributed by atoms with van der Waals surface area (Å²) in [5, 5.41) is 2.35. The maximum absolute atomic E-state index is 11.7. The lowest BCUT2D eigenvalue weighted by molar-refractivity contribution is -0.139. The first-order valence-electron chi connectivity index (χ1n) is 5.13. The number of ether oxygens (including phenoxy) is 1. The molecule has 0 bridgehead atoms. The zero-order valence-electron chi connectivity index (χ0n) is 9.57. The van der Waals surface area contributed by atoms with Crippen molar-refractivity contribution in [3.8, 4) is 0 Å². The molecule has 4 nitrogen and oxygen atoms in total. The Kier molecular flexibility index (Phi) is 6.07. The molecule has 0 aromatic heterocycles. The fourth-order valence-corrected chi connectivity index (χ4v) is 2.62. The van der Waals surface area contributed by atoms with Gasteiger partial charge in [-0.2, -0.15) is 0 Å². The van der Waals surface area contributed by atoms with Gasteiger partial charge < -0.3 is 10.1 Å². The number of nitrogens with one attached hydrogen (secondary N) is 1. The van der Waals surface area contributed by atoms with Crippen LogP contribution in [0.25, 0.3) is 4.48 Å². The van der Waals surface area contributed by atoms with Gasteiger partial charge in [0.25, 0.3) is 0 Å². The van der Waals surface area contributed by atoms with Crippen molar-refractivity contribution >= 4 is 48.7 Å². The van der Waals surface area contributed by atoms with Gasteiger partial charge in [0, 0.05) is 10.0 Å². The van der Waals surface area contributed by atoms with Gasteiger partial charge in [-0.1, -0.05) is 34.1 Å². The van der Waals surface area contributed by atoms with Crippen molar-refractivity contribution in [1.29, 1.82) is 0 Å². The highest BCUT2D eigenvalue weighted by molar-refractivity contribution is 9.15. The average Bonchev–Trinajstić information content (AvgIpc) is 2.36. The smallest absolute Gasteiger partial charge is 0.356 e. The lowest BCUT2D eigenvalue weighted by Gasteiger charge is -2.10. The SMILES string of the molecule is CCOC(=O)/C(NC=O)=C(/Br)c1ccccc1Br. The predicted octanol–water partition coefficient (Wildman–Crippen LogP) is 2.82. The zero-order chi connectivity index (χ0) is 13.5. The third kappa shape index (κ3) is 3.68. The first-order chi connectivity index (χ1) is 8.61. The van der Waals surface area contributed by atoms with Crippen molar-refractivity contribution in [3.05, 3.63) is 40.0 Å². The molecular formula is C12H11Br2NO3. The van der Waals surface area contributed by atoms with Crippen LogP contribution >= 0.6 is 31.9 Å². The largest absolute Gasteiger partial charge is 0.461 e. The highest BCUT2D eigenvalue weighted by atomic mass is 79.9. The summed E-state index contributed by atoms with van der Waals surface area (Å²) >= 11 is 6.67. The Morgan fingerprint density at radius 2 is 2.11 bits per heavy atom. The molecule has 0 saturated heterocycles. The monoisotopic (exact) mass is 375 g/mol. The van der Waals surface area contributed by atoms with Crippen LogP contribution in [-0.2, 0) is 14.3 Å². The molecule has 0 unspecified atom stereocenters. The van der Waals surface area contributed by atoms with Gasteiger partial charge in [0.05, 0.1) is 11.1 Å². The molecule has 0 aliphatic carbocycles. The van der Waals surface area contributed by atoms with E-state index in [9.17, 15) is 9.59 Å². The lowest BCUT2D eigenvalue weighted by Crippen LogP contribution is -2.22. The van der Waals surface area contributed by atoms with Crippen molar-refractivity contribution in [2.45, 2.75) is 6.92 Å². The fraction of sp³-hybridized carbons (Fsp3) is 0.167. The van der Waals surface area contributed by atoms with Gasteiger partial charge in [0.15, 0.2) is 0 Å². The van der Waals surface area contributed by atoms with Crippen LogP contribution in [0.15, 0.2) is 34.4 Å². The van der Waals surface area contributed by atoms with E-state index in [4.69, 9.17) is 4.74 Å². The second-order valence-corrected chi connectivity index (χ2v) is 4.80.